The van der Waals surface area contributed by atoms with Gasteiger partial charge in [0.2, 0.25) is 10.0 Å². The smallest absolute Gasteiger partial charge is 0.215 e. The van der Waals surface area contributed by atoms with Gasteiger partial charge in [-0.05, 0) is 25.7 Å². The third kappa shape index (κ3) is 2.53. The number of nitrogens with zero attached hydrogens (tertiary/aromatic N) is 3. The van der Waals surface area contributed by atoms with Crippen LogP contribution in [0, 0.1) is 0 Å². The van der Waals surface area contributed by atoms with Crippen LogP contribution in [0.4, 0.5) is 0 Å². The predicted octanol–water partition coefficient (Wildman–Crippen LogP) is 1.32. The van der Waals surface area contributed by atoms with Crippen LogP contribution in [0.3, 0.4) is 0 Å². The number of fused-ring (bicyclic) bond motifs is 1. The number of hydrogen-bond acceptors (Lipinski definition) is 4. The predicted molar refractivity (Wildman–Crippen MR) is 71.2 cm³/mol. The molecule has 0 amide bonds. The average Bonchev–Trinajstić information content (AvgIpc) is 3.09. The molecule has 1 N–H and O–H groups in total. The van der Waals surface area contributed by atoms with Crippen molar-refractivity contribution in [3.63, 3.8) is 0 Å². The van der Waals surface area contributed by atoms with Crippen molar-refractivity contribution in [1.82, 2.24) is 19.5 Å². The van der Waals surface area contributed by atoms with Crippen LogP contribution < -0.4 is 4.72 Å². The first-order valence-corrected chi connectivity index (χ1v) is 8.48. The van der Waals surface area contributed by atoms with Crippen LogP contribution in [0.2, 0.25) is 0 Å². The van der Waals surface area contributed by atoms with Gasteiger partial charge in [-0.25, -0.2) is 22.8 Å². The van der Waals surface area contributed by atoms with E-state index in [1.54, 1.807) is 0 Å². The molecular formula is C12H20N4O2S. The molecule has 1 fully saturated rings. The number of nitrogens with one attached hydrogen (secondary N) is 1. The summed E-state index contributed by atoms with van der Waals surface area (Å²) in [4.78, 5) is 4.52. The van der Waals surface area contributed by atoms with Gasteiger partial charge in [0, 0.05) is 12.5 Å². The minimum Gasteiger partial charge on any atom is -0.248 e. The summed E-state index contributed by atoms with van der Waals surface area (Å²) in [6.45, 7) is 4.92. The second-order valence-electron chi connectivity index (χ2n) is 5.76. The molecule has 1 aromatic heterocycles. The number of aryl methyl sites for hydroxylation is 1. The second-order valence-corrected chi connectivity index (χ2v) is 7.76. The first-order valence-electron chi connectivity index (χ1n) is 6.93. The Morgan fingerprint density at radius 2 is 2.05 bits per heavy atom. The van der Waals surface area contributed by atoms with Gasteiger partial charge in [0.05, 0.1) is 11.3 Å². The maximum absolute atomic E-state index is 12.0. The van der Waals surface area contributed by atoms with E-state index >= 15 is 0 Å². The third-order valence-corrected chi connectivity index (χ3v) is 5.64. The highest BCUT2D eigenvalue weighted by atomic mass is 32.2. The van der Waals surface area contributed by atoms with Gasteiger partial charge in [-0.15, -0.1) is 0 Å². The van der Waals surface area contributed by atoms with Gasteiger partial charge in [-0.3, -0.25) is 0 Å². The standard InChI is InChI=1S/C12H20N4O2S/c1-8(2)11-13-12-10(4-3-7-16(12)14-11)15-19(17,18)9-5-6-9/h8-10,15H,3-7H2,1-2H3/t10-/m0/s1. The zero-order chi connectivity index (χ0) is 13.6. The van der Waals surface area contributed by atoms with Crippen molar-refractivity contribution in [2.24, 2.45) is 0 Å². The number of hydrogen-bond donors (Lipinski definition) is 1. The van der Waals surface area contributed by atoms with Crippen LogP contribution >= 0.6 is 0 Å². The minimum atomic E-state index is -3.17. The summed E-state index contributed by atoms with van der Waals surface area (Å²) >= 11 is 0. The summed E-state index contributed by atoms with van der Waals surface area (Å²) in [5.41, 5.74) is 0. The van der Waals surface area contributed by atoms with Gasteiger partial charge in [0.15, 0.2) is 5.82 Å². The van der Waals surface area contributed by atoms with E-state index in [9.17, 15) is 8.42 Å². The van der Waals surface area contributed by atoms with Crippen LogP contribution in [0.25, 0.3) is 0 Å². The maximum Gasteiger partial charge on any atom is 0.215 e. The first-order chi connectivity index (χ1) is 8.97. The summed E-state index contributed by atoms with van der Waals surface area (Å²) in [6, 6.07) is -0.209. The average molecular weight is 284 g/mol. The molecule has 1 atom stereocenters. The maximum atomic E-state index is 12.0. The van der Waals surface area contributed by atoms with E-state index < -0.39 is 10.0 Å². The molecule has 106 valence electrons. The van der Waals surface area contributed by atoms with Crippen molar-refractivity contribution < 1.29 is 8.42 Å². The van der Waals surface area contributed by atoms with Crippen LogP contribution in [0.15, 0.2) is 0 Å². The highest BCUT2D eigenvalue weighted by Crippen LogP contribution is 2.31. The Bertz CT molecular complexity index is 575. The van der Waals surface area contributed by atoms with Crippen molar-refractivity contribution >= 4 is 10.0 Å². The van der Waals surface area contributed by atoms with Crippen LogP contribution in [0.5, 0.6) is 0 Å². The lowest BCUT2D eigenvalue weighted by atomic mass is 10.1. The van der Waals surface area contributed by atoms with E-state index in [2.05, 4.69) is 14.8 Å². The summed E-state index contributed by atoms with van der Waals surface area (Å²) in [6.07, 6.45) is 3.31. The Hall–Kier alpha value is -0.950. The van der Waals surface area contributed by atoms with Gasteiger partial charge in [-0.2, -0.15) is 5.10 Å². The van der Waals surface area contributed by atoms with E-state index in [0.29, 0.717) is 0 Å². The molecule has 0 radical (unpaired) electrons. The lowest BCUT2D eigenvalue weighted by molar-refractivity contribution is 0.399. The fraction of sp³-hybridized carbons (Fsp3) is 0.833. The van der Waals surface area contributed by atoms with E-state index in [4.69, 9.17) is 0 Å². The fourth-order valence-electron chi connectivity index (χ4n) is 2.40. The lowest BCUT2D eigenvalue weighted by Crippen LogP contribution is -2.35. The molecular weight excluding hydrogens is 264 g/mol. The fourth-order valence-corrected chi connectivity index (χ4v) is 3.97. The Morgan fingerprint density at radius 3 is 2.68 bits per heavy atom. The van der Waals surface area contributed by atoms with Crippen LogP contribution in [0.1, 0.15) is 63.1 Å². The van der Waals surface area contributed by atoms with Crippen molar-refractivity contribution in [2.45, 2.75) is 63.3 Å². The highest BCUT2D eigenvalue weighted by molar-refractivity contribution is 7.90. The van der Waals surface area contributed by atoms with Crippen molar-refractivity contribution in [3.8, 4) is 0 Å². The third-order valence-electron chi connectivity index (χ3n) is 3.68. The zero-order valence-electron chi connectivity index (χ0n) is 11.3. The molecule has 0 saturated heterocycles. The molecule has 7 heteroatoms. The highest BCUT2D eigenvalue weighted by Gasteiger charge is 2.38. The number of aromatic nitrogens is 3. The first kappa shape index (κ1) is 13.1. The summed E-state index contributed by atoms with van der Waals surface area (Å²) in [5.74, 6) is 1.84. The van der Waals surface area contributed by atoms with Gasteiger partial charge < -0.3 is 0 Å². The topological polar surface area (TPSA) is 76.9 Å². The number of sulfonamides is 1. The summed E-state index contributed by atoms with van der Waals surface area (Å²) in [7, 11) is -3.17. The van der Waals surface area contributed by atoms with Crippen molar-refractivity contribution in [2.75, 3.05) is 0 Å². The molecule has 1 aromatic rings. The molecule has 2 heterocycles. The molecule has 19 heavy (non-hydrogen) atoms. The van der Waals surface area contributed by atoms with Crippen LogP contribution in [-0.2, 0) is 16.6 Å². The molecule has 2 aliphatic rings. The Morgan fingerprint density at radius 1 is 1.32 bits per heavy atom. The Balaban J connectivity index is 1.85. The van der Waals surface area contributed by atoms with Crippen molar-refractivity contribution in [3.05, 3.63) is 11.6 Å². The molecule has 0 unspecified atom stereocenters. The van der Waals surface area contributed by atoms with Crippen LogP contribution in [-0.4, -0.2) is 28.4 Å². The molecule has 1 aliphatic heterocycles. The molecule has 1 aliphatic carbocycles. The van der Waals surface area contributed by atoms with Gasteiger partial charge >= 0.3 is 0 Å². The molecule has 0 bridgehead atoms. The molecule has 6 nitrogen and oxygen atoms in total. The normalized spacial score (nSPS) is 23.6. The van der Waals surface area contributed by atoms with E-state index in [1.807, 2.05) is 18.5 Å². The zero-order valence-corrected chi connectivity index (χ0v) is 12.2. The van der Waals surface area contributed by atoms with E-state index in [1.165, 1.54) is 0 Å². The monoisotopic (exact) mass is 284 g/mol. The van der Waals surface area contributed by atoms with E-state index in [0.717, 1.165) is 43.9 Å². The van der Waals surface area contributed by atoms with Crippen molar-refractivity contribution in [1.29, 1.82) is 0 Å². The van der Waals surface area contributed by atoms with Gasteiger partial charge in [0.1, 0.15) is 5.82 Å². The second kappa shape index (κ2) is 4.56. The summed E-state index contributed by atoms with van der Waals surface area (Å²) < 4.78 is 28.8. The summed E-state index contributed by atoms with van der Waals surface area (Å²) in [5, 5.41) is 4.28. The Kier molecular flexibility index (Phi) is 3.13. The molecule has 3 rings (SSSR count). The Labute approximate surface area is 113 Å². The largest absolute Gasteiger partial charge is 0.248 e. The lowest BCUT2D eigenvalue weighted by Gasteiger charge is -2.22. The van der Waals surface area contributed by atoms with Gasteiger partial charge in [-0.1, -0.05) is 13.8 Å². The number of rotatable bonds is 4. The SMILES string of the molecule is CC(C)c1nc2n(n1)CCC[C@@H]2NS(=O)(=O)C1CC1. The van der Waals surface area contributed by atoms with Gasteiger partial charge in [0.25, 0.3) is 0 Å². The van der Waals surface area contributed by atoms with E-state index in [-0.39, 0.29) is 17.2 Å². The quantitative estimate of drug-likeness (QED) is 0.904. The molecule has 1 saturated carbocycles. The molecule has 0 spiro atoms. The molecule has 0 aromatic carbocycles. The minimum absolute atomic E-state index is 0.185.